The van der Waals surface area contributed by atoms with Gasteiger partial charge in [-0.2, -0.15) is 0 Å². The molecule has 4 heterocycles. The average molecular weight is 1690 g/mol. The minimum Gasteiger partial charge on any atom is -0.310 e. The maximum Gasteiger partial charge on any atom is 0.164 e. The van der Waals surface area contributed by atoms with E-state index in [1.54, 1.807) is 0 Å². The summed E-state index contributed by atoms with van der Waals surface area (Å²) in [4.78, 5) is 40.5. The van der Waals surface area contributed by atoms with E-state index in [1.807, 2.05) is 78.9 Å². The molecule has 0 atom stereocenters. The van der Waals surface area contributed by atoms with Gasteiger partial charge in [-0.3, -0.25) is 0 Å². The first-order chi connectivity index (χ1) is 64.5. The molecule has 0 unspecified atom stereocenters. The number of para-hydroxylation sites is 6. The SMILES string of the molecule is CC(C)(C)c1ccc(N(c2ccccc2)c2ccc3c(c2)c2cc(N(c4ccccc4)c4ccccc4)ccc2n3-c2ccc(-c3nc(-c4ccccc4)nc(-c4cccc(Cc5ccc(N(c6ccccc6)c6ccc7c(c6)c6cc(N(c8ccccc8)c8ccccc8)ccc6n7-c6ccc(-c7nc(-c8ccccc8)nc(-c8ccccc8)n7)cc6)cc5)c4)n3)cc2)cc1. The Morgan fingerprint density at radius 2 is 0.420 bits per heavy atom. The zero-order valence-electron chi connectivity index (χ0n) is 72.5. The standard InChI is InChI=1S/C119H88N12/c1-119(2,3)90-58-66-98(67-59-90)129(96-50-29-12-30-51-96)104-71-75-112-108(81-104)106-79-102(127(93-44-23-9-24-45-93)94-46-25-10-26-47-94)69-73-110(106)131(112)100-64-56-88(57-65-100)117-123-115(86-37-17-6-18-38-86)124-118(125-117)89-39-31-32-83(77-89)76-82-52-60-97(61-53-82)128(95-48-27-11-28-49-95)103-70-74-111-107(80-103)105-78-101(126(91-40-19-7-20-41-91)92-42-21-8-22-43-92)68-72-109(105)130(111)99-62-54-87(55-63-99)116-121-113(84-33-13-4-14-34-84)120-114(122-116)85-35-15-5-16-36-85/h4-75,77-81H,76H2,1-3H3. The number of hydrogen-bond donors (Lipinski definition) is 0. The summed E-state index contributed by atoms with van der Waals surface area (Å²) >= 11 is 0. The van der Waals surface area contributed by atoms with Crippen molar-refractivity contribution in [2.24, 2.45) is 0 Å². The van der Waals surface area contributed by atoms with Gasteiger partial charge in [0.15, 0.2) is 34.9 Å². The van der Waals surface area contributed by atoms with Crippen LogP contribution in [0.5, 0.6) is 0 Å². The maximum atomic E-state index is 5.37. The Balaban J connectivity index is 0.598. The predicted molar refractivity (Wildman–Crippen MR) is 541 cm³/mol. The van der Waals surface area contributed by atoms with E-state index in [0.29, 0.717) is 41.4 Å². The van der Waals surface area contributed by atoms with Crippen molar-refractivity contribution < 1.29 is 0 Å². The molecule has 0 bridgehead atoms. The highest BCUT2D eigenvalue weighted by molar-refractivity contribution is 6.14. The Morgan fingerprint density at radius 1 is 0.191 bits per heavy atom. The monoisotopic (exact) mass is 1680 g/mol. The fourth-order valence-corrected chi connectivity index (χ4v) is 18.1. The van der Waals surface area contributed by atoms with Crippen LogP contribution in [0, 0.1) is 0 Å². The molecule has 624 valence electrons. The number of fused-ring (bicyclic) bond motifs is 6. The predicted octanol–water partition coefficient (Wildman–Crippen LogP) is 31.0. The molecule has 0 saturated carbocycles. The third-order valence-electron chi connectivity index (χ3n) is 24.5. The van der Waals surface area contributed by atoms with E-state index >= 15 is 0 Å². The van der Waals surface area contributed by atoms with Crippen molar-refractivity contribution in [3.8, 4) is 79.7 Å². The fourth-order valence-electron chi connectivity index (χ4n) is 18.1. The molecule has 0 radical (unpaired) electrons. The van der Waals surface area contributed by atoms with Crippen molar-refractivity contribution in [3.63, 3.8) is 0 Å². The largest absolute Gasteiger partial charge is 0.310 e. The van der Waals surface area contributed by atoms with E-state index in [2.05, 4.69) is 438 Å². The van der Waals surface area contributed by atoms with Crippen LogP contribution in [0.4, 0.5) is 68.2 Å². The quantitative estimate of drug-likeness (QED) is 0.0652. The lowest BCUT2D eigenvalue weighted by Crippen LogP contribution is -2.13. The van der Waals surface area contributed by atoms with Crippen LogP contribution in [0.25, 0.3) is 123 Å². The molecule has 0 aliphatic carbocycles. The molecular weight excluding hydrogens is 1600 g/mol. The fraction of sp³-hybridized carbons (Fsp3) is 0.0420. The molecular formula is C119H88N12. The van der Waals surface area contributed by atoms with Gasteiger partial charge in [0.2, 0.25) is 0 Å². The van der Waals surface area contributed by atoms with Gasteiger partial charge in [-0.15, -0.1) is 0 Å². The third-order valence-corrected chi connectivity index (χ3v) is 24.5. The second-order valence-electron chi connectivity index (χ2n) is 34.0. The number of aromatic nitrogens is 8. The summed E-state index contributed by atoms with van der Waals surface area (Å²) in [6.07, 6.45) is 0.668. The molecule has 0 aliphatic rings. The first-order valence-electron chi connectivity index (χ1n) is 44.4. The highest BCUT2D eigenvalue weighted by atomic mass is 15.2. The van der Waals surface area contributed by atoms with E-state index < -0.39 is 0 Å². The molecule has 12 heteroatoms. The summed E-state index contributed by atoms with van der Waals surface area (Å²) in [6.45, 7) is 6.79. The van der Waals surface area contributed by atoms with E-state index in [0.717, 1.165) is 168 Å². The third kappa shape index (κ3) is 15.9. The Kier molecular flexibility index (Phi) is 21.0. The van der Waals surface area contributed by atoms with Crippen LogP contribution < -0.4 is 19.6 Å². The van der Waals surface area contributed by atoms with E-state index in [1.165, 1.54) is 5.56 Å². The van der Waals surface area contributed by atoms with Gasteiger partial charge in [-0.05, 0) is 253 Å². The smallest absolute Gasteiger partial charge is 0.164 e. The summed E-state index contributed by atoms with van der Waals surface area (Å²) in [5.41, 5.74) is 27.8. The van der Waals surface area contributed by atoms with Crippen molar-refractivity contribution in [2.75, 3.05) is 19.6 Å². The summed E-state index contributed by atoms with van der Waals surface area (Å²) < 4.78 is 4.77. The molecule has 0 N–H and O–H groups in total. The molecule has 0 amide bonds. The van der Waals surface area contributed by atoms with Gasteiger partial charge in [0, 0.05) is 135 Å². The van der Waals surface area contributed by atoms with Crippen molar-refractivity contribution in [3.05, 3.63) is 484 Å². The van der Waals surface area contributed by atoms with Gasteiger partial charge in [0.1, 0.15) is 0 Å². The summed E-state index contributed by atoms with van der Waals surface area (Å²) in [5.74, 6) is 3.58. The van der Waals surface area contributed by atoms with Crippen LogP contribution in [-0.2, 0) is 11.8 Å². The molecule has 0 fully saturated rings. The molecule has 18 aromatic carbocycles. The van der Waals surface area contributed by atoms with Crippen LogP contribution in [0.3, 0.4) is 0 Å². The Hall–Kier alpha value is -17.2. The molecule has 22 aromatic rings. The van der Waals surface area contributed by atoms with Crippen LogP contribution >= 0.6 is 0 Å². The zero-order valence-corrected chi connectivity index (χ0v) is 72.5. The minimum atomic E-state index is 0.00401. The lowest BCUT2D eigenvalue weighted by atomic mass is 9.87. The molecule has 0 saturated heterocycles. The second-order valence-corrected chi connectivity index (χ2v) is 34.0. The Morgan fingerprint density at radius 3 is 0.695 bits per heavy atom. The van der Waals surface area contributed by atoms with E-state index in [-0.39, 0.29) is 5.41 Å². The minimum absolute atomic E-state index is 0.00401. The van der Waals surface area contributed by atoms with Crippen molar-refractivity contribution >= 4 is 112 Å². The van der Waals surface area contributed by atoms with Crippen molar-refractivity contribution in [1.29, 1.82) is 0 Å². The molecule has 4 aromatic heterocycles. The number of rotatable bonds is 22. The van der Waals surface area contributed by atoms with E-state index in [9.17, 15) is 0 Å². The highest BCUT2D eigenvalue weighted by Gasteiger charge is 2.26. The molecule has 12 nitrogen and oxygen atoms in total. The van der Waals surface area contributed by atoms with Gasteiger partial charge in [0.05, 0.1) is 22.1 Å². The molecule has 0 aliphatic heterocycles. The van der Waals surface area contributed by atoms with Crippen LogP contribution in [0.15, 0.2) is 467 Å². The maximum absolute atomic E-state index is 5.37. The lowest BCUT2D eigenvalue weighted by molar-refractivity contribution is 0.590. The molecule has 22 rings (SSSR count). The van der Waals surface area contributed by atoms with Gasteiger partial charge >= 0.3 is 0 Å². The second kappa shape index (κ2) is 34.6. The average Bonchev–Trinajstić information content (AvgIpc) is 1.58. The first kappa shape index (κ1) is 79.7. The van der Waals surface area contributed by atoms with Gasteiger partial charge in [-0.25, -0.2) is 29.9 Å². The zero-order chi connectivity index (χ0) is 87.7. The number of nitrogens with zero attached hydrogens (tertiary/aromatic N) is 12. The highest BCUT2D eigenvalue weighted by Crippen LogP contribution is 2.47. The Labute approximate surface area is 761 Å². The lowest BCUT2D eigenvalue weighted by Gasteiger charge is -2.27. The number of benzene rings is 18. The topological polar surface area (TPSA) is 100 Å². The van der Waals surface area contributed by atoms with Crippen molar-refractivity contribution in [1.82, 2.24) is 39.0 Å². The Bertz CT molecular complexity index is 7700. The van der Waals surface area contributed by atoms with Crippen LogP contribution in [0.1, 0.15) is 37.5 Å². The van der Waals surface area contributed by atoms with E-state index in [4.69, 9.17) is 29.9 Å². The molecule has 131 heavy (non-hydrogen) atoms. The first-order valence-corrected chi connectivity index (χ1v) is 44.4. The summed E-state index contributed by atoms with van der Waals surface area (Å²) in [7, 11) is 0. The van der Waals surface area contributed by atoms with Gasteiger partial charge < -0.3 is 28.7 Å². The number of anilines is 12. The number of hydrogen-bond acceptors (Lipinski definition) is 10. The molecule has 0 spiro atoms. The summed E-state index contributed by atoms with van der Waals surface area (Å²) in [6, 6.07) is 166. The van der Waals surface area contributed by atoms with Gasteiger partial charge in [-0.1, -0.05) is 263 Å². The summed E-state index contributed by atoms with van der Waals surface area (Å²) in [5, 5.41) is 4.43. The van der Waals surface area contributed by atoms with Crippen LogP contribution in [-0.4, -0.2) is 39.0 Å². The van der Waals surface area contributed by atoms with Gasteiger partial charge in [0.25, 0.3) is 0 Å². The normalized spacial score (nSPS) is 11.5. The van der Waals surface area contributed by atoms with Crippen molar-refractivity contribution in [2.45, 2.75) is 32.6 Å². The van der Waals surface area contributed by atoms with Crippen LogP contribution in [0.2, 0.25) is 0 Å².